The topological polar surface area (TPSA) is 66.8 Å². The van der Waals surface area contributed by atoms with Gasteiger partial charge in [0.05, 0.1) is 23.2 Å². The number of aliphatic hydroxyl groups excluding tert-OH is 1. The molecule has 1 atom stereocenters. The molecule has 1 amide bonds. The minimum absolute atomic E-state index is 0.0564. The molecule has 1 heterocycles. The van der Waals surface area contributed by atoms with Crippen LogP contribution in [-0.2, 0) is 16.0 Å². The van der Waals surface area contributed by atoms with Gasteiger partial charge in [-0.25, -0.2) is 0 Å². The Hall–Kier alpha value is -2.79. The van der Waals surface area contributed by atoms with Crippen molar-refractivity contribution in [3.63, 3.8) is 0 Å². The smallest absolute Gasteiger partial charge is 0.295 e. The normalized spacial score (nSPS) is 17.9. The van der Waals surface area contributed by atoms with Crippen LogP contribution in [0.1, 0.15) is 56.3 Å². The third-order valence-electron chi connectivity index (χ3n) is 5.50. The molecule has 2 aromatic rings. The van der Waals surface area contributed by atoms with Crippen LogP contribution in [0.2, 0.25) is 5.02 Å². The molecule has 1 N–H and O–H groups in total. The molecule has 1 unspecified atom stereocenters. The van der Waals surface area contributed by atoms with Gasteiger partial charge in [0.1, 0.15) is 11.5 Å². The largest absolute Gasteiger partial charge is 0.507 e. The van der Waals surface area contributed by atoms with Gasteiger partial charge in [0, 0.05) is 12.1 Å². The number of hydrogen-bond donors (Lipinski definition) is 1. The van der Waals surface area contributed by atoms with E-state index in [0.717, 1.165) is 30.4 Å². The van der Waals surface area contributed by atoms with Gasteiger partial charge in [-0.3, -0.25) is 9.59 Å². The number of ether oxygens (including phenoxy) is 1. The van der Waals surface area contributed by atoms with Gasteiger partial charge in [-0.1, -0.05) is 56.1 Å². The van der Waals surface area contributed by atoms with E-state index in [-0.39, 0.29) is 21.9 Å². The number of Topliss-reactive ketones (excluding diaryl/α,β-unsaturated/α-hetero) is 1. The molecule has 6 heteroatoms. The average Bonchev–Trinajstić information content (AvgIpc) is 3.03. The van der Waals surface area contributed by atoms with Crippen LogP contribution < -0.4 is 4.74 Å². The lowest BCUT2D eigenvalue weighted by Gasteiger charge is -2.25. The van der Waals surface area contributed by atoms with Crippen molar-refractivity contribution in [1.82, 2.24) is 4.90 Å². The molecule has 0 spiro atoms. The molecule has 1 fully saturated rings. The monoisotopic (exact) mass is 441 g/mol. The number of rotatable bonds is 8. The number of unbranched alkanes of at least 4 members (excludes halogenated alkanes) is 1. The standard InChI is InChI=1S/C25H28ClNO4/c1-4-7-14-27-22(17-10-8-16(5-2)9-11-17)21(24(29)25(27)30)23(28)19-15-18(31-6-3)12-13-20(19)26/h8-13,15,22,28H,4-7,14H2,1-3H3/b23-21+. The summed E-state index contributed by atoms with van der Waals surface area (Å²) >= 11 is 6.35. The molecule has 0 aliphatic carbocycles. The number of nitrogens with zero attached hydrogens (tertiary/aromatic N) is 1. The maximum Gasteiger partial charge on any atom is 0.295 e. The first-order valence-electron chi connectivity index (χ1n) is 10.7. The first-order chi connectivity index (χ1) is 14.9. The van der Waals surface area contributed by atoms with Crippen molar-refractivity contribution in [3.8, 4) is 5.75 Å². The predicted molar refractivity (Wildman–Crippen MR) is 122 cm³/mol. The number of ketones is 1. The molecule has 0 bridgehead atoms. The van der Waals surface area contributed by atoms with E-state index < -0.39 is 17.7 Å². The van der Waals surface area contributed by atoms with Crippen LogP contribution in [0.25, 0.3) is 5.76 Å². The molecule has 0 aromatic heterocycles. The van der Waals surface area contributed by atoms with Crippen LogP contribution in [0.5, 0.6) is 5.75 Å². The Labute approximate surface area is 188 Å². The average molecular weight is 442 g/mol. The van der Waals surface area contributed by atoms with Gasteiger partial charge in [-0.2, -0.15) is 0 Å². The van der Waals surface area contributed by atoms with E-state index in [2.05, 4.69) is 6.92 Å². The highest BCUT2D eigenvalue weighted by molar-refractivity contribution is 6.47. The van der Waals surface area contributed by atoms with Gasteiger partial charge < -0.3 is 14.7 Å². The first kappa shape index (κ1) is 22.9. The van der Waals surface area contributed by atoms with E-state index in [4.69, 9.17) is 16.3 Å². The molecule has 1 aliphatic rings. The second kappa shape index (κ2) is 10.0. The van der Waals surface area contributed by atoms with Crippen LogP contribution in [0.4, 0.5) is 0 Å². The molecule has 1 aliphatic heterocycles. The number of hydrogen-bond acceptors (Lipinski definition) is 4. The zero-order valence-corrected chi connectivity index (χ0v) is 18.9. The lowest BCUT2D eigenvalue weighted by Crippen LogP contribution is -2.30. The molecule has 31 heavy (non-hydrogen) atoms. The van der Waals surface area contributed by atoms with Crippen LogP contribution in [-0.4, -0.2) is 34.8 Å². The molecule has 2 aromatic carbocycles. The van der Waals surface area contributed by atoms with E-state index in [1.807, 2.05) is 38.1 Å². The highest BCUT2D eigenvalue weighted by Crippen LogP contribution is 2.41. The Balaban J connectivity index is 2.17. The van der Waals surface area contributed by atoms with Crippen LogP contribution >= 0.6 is 11.6 Å². The first-order valence-corrected chi connectivity index (χ1v) is 11.1. The molecular formula is C25H28ClNO4. The summed E-state index contributed by atoms with van der Waals surface area (Å²) < 4.78 is 5.52. The van der Waals surface area contributed by atoms with Crippen molar-refractivity contribution >= 4 is 29.1 Å². The highest BCUT2D eigenvalue weighted by Gasteiger charge is 2.45. The fraction of sp³-hybridized carbons (Fsp3) is 0.360. The molecular weight excluding hydrogens is 414 g/mol. The maximum atomic E-state index is 13.0. The zero-order valence-electron chi connectivity index (χ0n) is 18.2. The van der Waals surface area contributed by atoms with E-state index in [9.17, 15) is 14.7 Å². The third kappa shape index (κ3) is 4.62. The van der Waals surface area contributed by atoms with Gasteiger partial charge in [0.2, 0.25) is 0 Å². The second-order valence-corrected chi connectivity index (χ2v) is 7.92. The SMILES string of the molecule is CCCCN1C(=O)C(=O)/C(=C(/O)c2cc(OCC)ccc2Cl)C1c1ccc(CC)cc1. The van der Waals surface area contributed by atoms with E-state index in [0.29, 0.717) is 18.9 Å². The Morgan fingerprint density at radius 1 is 1.10 bits per heavy atom. The van der Waals surface area contributed by atoms with E-state index in [1.54, 1.807) is 23.1 Å². The zero-order chi connectivity index (χ0) is 22.5. The van der Waals surface area contributed by atoms with Crippen molar-refractivity contribution in [1.29, 1.82) is 0 Å². The summed E-state index contributed by atoms with van der Waals surface area (Å²) in [6, 6.07) is 12.0. The summed E-state index contributed by atoms with van der Waals surface area (Å²) in [4.78, 5) is 27.5. The molecule has 3 rings (SSSR count). The fourth-order valence-electron chi connectivity index (χ4n) is 3.81. The molecule has 164 valence electrons. The van der Waals surface area contributed by atoms with Gasteiger partial charge in [0.25, 0.3) is 11.7 Å². The van der Waals surface area contributed by atoms with Crippen molar-refractivity contribution in [2.75, 3.05) is 13.2 Å². The summed E-state index contributed by atoms with van der Waals surface area (Å²) in [6.07, 6.45) is 2.53. The number of benzene rings is 2. The summed E-state index contributed by atoms with van der Waals surface area (Å²) in [7, 11) is 0. The Kier molecular flexibility index (Phi) is 7.39. The van der Waals surface area contributed by atoms with Crippen molar-refractivity contribution < 1.29 is 19.4 Å². The minimum Gasteiger partial charge on any atom is -0.507 e. The molecule has 1 saturated heterocycles. The van der Waals surface area contributed by atoms with Gasteiger partial charge in [0.15, 0.2) is 0 Å². The Morgan fingerprint density at radius 3 is 2.42 bits per heavy atom. The molecule has 5 nitrogen and oxygen atoms in total. The fourth-order valence-corrected chi connectivity index (χ4v) is 4.02. The van der Waals surface area contributed by atoms with Crippen molar-refractivity contribution in [3.05, 3.63) is 69.8 Å². The van der Waals surface area contributed by atoms with Gasteiger partial charge in [-0.05, 0) is 49.1 Å². The lowest BCUT2D eigenvalue weighted by molar-refractivity contribution is -0.139. The summed E-state index contributed by atoms with van der Waals surface area (Å²) in [5.41, 5.74) is 2.27. The number of likely N-dealkylation sites (tertiary alicyclic amines) is 1. The summed E-state index contributed by atoms with van der Waals surface area (Å²) in [5, 5.41) is 11.5. The lowest BCUT2D eigenvalue weighted by atomic mass is 9.94. The Bertz CT molecular complexity index is 997. The number of halogens is 1. The predicted octanol–water partition coefficient (Wildman–Crippen LogP) is 5.52. The van der Waals surface area contributed by atoms with Crippen molar-refractivity contribution in [2.45, 2.75) is 46.1 Å². The Morgan fingerprint density at radius 2 is 1.81 bits per heavy atom. The van der Waals surface area contributed by atoms with E-state index >= 15 is 0 Å². The molecule has 0 saturated carbocycles. The number of carbonyl (C=O) groups is 2. The minimum atomic E-state index is -0.698. The van der Waals surface area contributed by atoms with Gasteiger partial charge >= 0.3 is 0 Å². The van der Waals surface area contributed by atoms with Crippen molar-refractivity contribution in [2.24, 2.45) is 0 Å². The molecule has 0 radical (unpaired) electrons. The van der Waals surface area contributed by atoms with Crippen LogP contribution in [0, 0.1) is 0 Å². The quantitative estimate of drug-likeness (QED) is 0.332. The highest BCUT2D eigenvalue weighted by atomic mass is 35.5. The van der Waals surface area contributed by atoms with Gasteiger partial charge in [-0.15, -0.1) is 0 Å². The number of amides is 1. The maximum absolute atomic E-state index is 13.0. The number of aliphatic hydroxyl groups is 1. The number of carbonyl (C=O) groups excluding carboxylic acids is 2. The second-order valence-electron chi connectivity index (χ2n) is 7.52. The third-order valence-corrected chi connectivity index (χ3v) is 5.83. The summed E-state index contributed by atoms with van der Waals surface area (Å²) in [5.74, 6) is -1.06. The van der Waals surface area contributed by atoms with E-state index in [1.165, 1.54) is 0 Å². The summed E-state index contributed by atoms with van der Waals surface area (Å²) in [6.45, 7) is 6.83. The van der Waals surface area contributed by atoms with Crippen LogP contribution in [0.3, 0.4) is 0 Å². The van der Waals surface area contributed by atoms with Crippen LogP contribution in [0.15, 0.2) is 48.0 Å². The number of aryl methyl sites for hydroxylation is 1.